The first-order valence-electron chi connectivity index (χ1n) is 18.9. The summed E-state index contributed by atoms with van der Waals surface area (Å²) >= 11 is 11.8. The quantitative estimate of drug-likeness (QED) is 0.109. The number of anilines is 2. The molecule has 2 saturated heterocycles. The first kappa shape index (κ1) is 45.8. The average molecular weight is 875 g/mol. The smallest absolute Gasteiger partial charge is 0.337 e. The maximum Gasteiger partial charge on any atom is 0.337 e. The Labute approximate surface area is 355 Å². The molecule has 0 saturated carbocycles. The van der Waals surface area contributed by atoms with Gasteiger partial charge in [-0.2, -0.15) is 0 Å². The number of halogens is 6. The van der Waals surface area contributed by atoms with Crippen molar-refractivity contribution in [3.8, 4) is 0 Å². The number of rotatable bonds is 9. The van der Waals surface area contributed by atoms with E-state index in [0.717, 1.165) is 12.1 Å². The number of carbonyl (C=O) groups is 4. The Hall–Kier alpha value is -5.26. The van der Waals surface area contributed by atoms with E-state index in [1.165, 1.54) is 77.6 Å². The van der Waals surface area contributed by atoms with Crippen LogP contribution < -0.4 is 15.5 Å². The van der Waals surface area contributed by atoms with Crippen molar-refractivity contribution in [2.45, 2.75) is 13.1 Å². The van der Waals surface area contributed by atoms with E-state index in [9.17, 15) is 36.7 Å². The van der Waals surface area contributed by atoms with Crippen molar-refractivity contribution in [2.75, 3.05) is 89.9 Å². The number of hydrogen-bond donors (Lipinski definition) is 1. The summed E-state index contributed by atoms with van der Waals surface area (Å²) in [6, 6.07) is 15.2. The molecule has 2 aliphatic rings. The second-order valence-corrected chi connectivity index (χ2v) is 15.1. The summed E-state index contributed by atoms with van der Waals surface area (Å²) < 4.78 is 61.3. The minimum atomic E-state index is -0.656. The lowest BCUT2D eigenvalue weighted by Crippen LogP contribution is -2.52. The summed E-state index contributed by atoms with van der Waals surface area (Å²) in [6.45, 7) is 4.51. The lowest BCUT2D eigenvalue weighted by Gasteiger charge is -2.36. The monoisotopic (exact) mass is 873 g/mol. The molecule has 0 radical (unpaired) electrons. The lowest BCUT2D eigenvalue weighted by molar-refractivity contribution is 0.0600. The minimum absolute atomic E-state index is 0.0699. The third-order valence-corrected chi connectivity index (χ3v) is 10.7. The molecule has 2 aliphatic heterocycles. The first-order valence-corrected chi connectivity index (χ1v) is 19.6. The number of benzene rings is 4. The van der Waals surface area contributed by atoms with E-state index < -0.39 is 29.2 Å². The molecular weight excluding hydrogens is 829 g/mol. The van der Waals surface area contributed by atoms with Gasteiger partial charge in [0.15, 0.2) is 5.78 Å². The number of ether oxygens (including phenoxy) is 1. The Balaban J connectivity index is 0.000000228. The second kappa shape index (κ2) is 20.8. The van der Waals surface area contributed by atoms with Crippen LogP contribution in [0.1, 0.15) is 31.8 Å². The Morgan fingerprint density at radius 1 is 0.600 bits per heavy atom. The van der Waals surface area contributed by atoms with Gasteiger partial charge >= 0.3 is 18.0 Å². The van der Waals surface area contributed by atoms with Crippen molar-refractivity contribution in [3.05, 3.63) is 128 Å². The number of carbonyl (C=O) groups excluding carboxylic acids is 4. The van der Waals surface area contributed by atoms with Gasteiger partial charge in [-0.25, -0.2) is 31.9 Å². The number of nitrogens with two attached hydrogens (primary N) is 1. The van der Waals surface area contributed by atoms with Crippen molar-refractivity contribution in [1.29, 1.82) is 0 Å². The molecule has 320 valence electrons. The number of nitrogens with zero attached hydrogens (tertiary/aromatic N) is 6. The highest BCUT2D eigenvalue weighted by Gasteiger charge is 2.29. The second-order valence-electron chi connectivity index (χ2n) is 14.2. The fourth-order valence-corrected chi connectivity index (χ4v) is 6.76. The third kappa shape index (κ3) is 11.5. The summed E-state index contributed by atoms with van der Waals surface area (Å²) in [5.74, 6) is -3.53. The van der Waals surface area contributed by atoms with Crippen LogP contribution in [0.2, 0.25) is 10.0 Å². The molecule has 0 atom stereocenters. The van der Waals surface area contributed by atoms with Gasteiger partial charge in [-0.05, 0) is 68.7 Å². The van der Waals surface area contributed by atoms with Gasteiger partial charge in [0.2, 0.25) is 0 Å². The van der Waals surface area contributed by atoms with E-state index in [4.69, 9.17) is 28.9 Å². The van der Waals surface area contributed by atoms with E-state index in [-0.39, 0.29) is 69.8 Å². The van der Waals surface area contributed by atoms with Crippen molar-refractivity contribution >= 4 is 58.4 Å². The molecular formula is C42H45Cl2F4N7O5. The SMILES string of the molecule is CN1CCN(C(=O)N(Cc2ccc(C(=O)CN)cc2F)c2ccc(F)c(Cl)c2)CC1.COC(=O)c1ccc(CN(C(=O)N2CCN(C)CC2)c2ccc(F)c(Cl)c2)c(F)c1. The number of likely N-dealkylation sites (N-methyl/N-ethyl adjacent to an activating group) is 2. The maximum atomic E-state index is 14.7. The third-order valence-electron chi connectivity index (χ3n) is 10.1. The van der Waals surface area contributed by atoms with Gasteiger partial charge in [-0.3, -0.25) is 14.6 Å². The van der Waals surface area contributed by atoms with Gasteiger partial charge in [-0.1, -0.05) is 41.4 Å². The Kier molecular flexibility index (Phi) is 15.9. The van der Waals surface area contributed by atoms with Gasteiger partial charge in [0.25, 0.3) is 0 Å². The zero-order chi connectivity index (χ0) is 43.7. The topological polar surface area (TPSA) is 123 Å². The highest BCUT2D eigenvalue weighted by Crippen LogP contribution is 2.28. The van der Waals surface area contributed by atoms with E-state index >= 15 is 0 Å². The van der Waals surface area contributed by atoms with Gasteiger partial charge < -0.3 is 30.1 Å². The molecule has 0 unspecified atom stereocenters. The summed E-state index contributed by atoms with van der Waals surface area (Å²) in [5, 5.41) is -0.266. The molecule has 4 aromatic carbocycles. The summed E-state index contributed by atoms with van der Waals surface area (Å²) in [6.07, 6.45) is 0. The van der Waals surface area contributed by atoms with Gasteiger partial charge in [0.1, 0.15) is 23.3 Å². The van der Waals surface area contributed by atoms with E-state index in [1.807, 2.05) is 14.1 Å². The van der Waals surface area contributed by atoms with Crippen LogP contribution in [-0.4, -0.2) is 124 Å². The Morgan fingerprint density at radius 3 is 1.37 bits per heavy atom. The van der Waals surface area contributed by atoms with Crippen LogP contribution in [0.15, 0.2) is 72.8 Å². The Morgan fingerprint density at radius 2 is 1.00 bits per heavy atom. The highest BCUT2D eigenvalue weighted by molar-refractivity contribution is 6.31. The number of piperazine rings is 2. The van der Waals surface area contributed by atoms with Crippen molar-refractivity contribution < 1.29 is 41.5 Å². The van der Waals surface area contributed by atoms with Crippen LogP contribution in [0.4, 0.5) is 38.5 Å². The van der Waals surface area contributed by atoms with Crippen LogP contribution >= 0.6 is 23.2 Å². The van der Waals surface area contributed by atoms with Crippen molar-refractivity contribution in [2.24, 2.45) is 5.73 Å². The summed E-state index contributed by atoms with van der Waals surface area (Å²) in [7, 11) is 5.15. The molecule has 12 nitrogen and oxygen atoms in total. The molecule has 6 rings (SSSR count). The molecule has 4 aromatic rings. The van der Waals surface area contributed by atoms with E-state index in [1.54, 1.807) is 9.80 Å². The number of methoxy groups -OCH3 is 1. The number of hydrogen-bond acceptors (Lipinski definition) is 8. The largest absolute Gasteiger partial charge is 0.465 e. The van der Waals surface area contributed by atoms with Crippen LogP contribution in [-0.2, 0) is 17.8 Å². The van der Waals surface area contributed by atoms with Gasteiger partial charge in [-0.15, -0.1) is 0 Å². The molecule has 0 aromatic heterocycles. The predicted octanol–water partition coefficient (Wildman–Crippen LogP) is 6.91. The number of amides is 4. The van der Waals surface area contributed by atoms with Crippen molar-refractivity contribution in [3.63, 3.8) is 0 Å². The number of Topliss-reactive ketones (excluding diaryl/α,β-unsaturated/α-hetero) is 1. The summed E-state index contributed by atoms with van der Waals surface area (Å²) in [5.41, 5.74) is 6.68. The van der Waals surface area contributed by atoms with Gasteiger partial charge in [0.05, 0.1) is 42.4 Å². The van der Waals surface area contributed by atoms with Crippen molar-refractivity contribution in [1.82, 2.24) is 19.6 Å². The fraction of sp³-hybridized carbons (Fsp3) is 0.333. The molecule has 0 spiro atoms. The van der Waals surface area contributed by atoms with E-state index in [0.29, 0.717) is 63.7 Å². The zero-order valence-corrected chi connectivity index (χ0v) is 34.8. The first-order chi connectivity index (χ1) is 28.6. The molecule has 2 N–H and O–H groups in total. The Bertz CT molecular complexity index is 2050. The average Bonchev–Trinajstić information content (AvgIpc) is 3.24. The number of ketones is 1. The van der Waals surface area contributed by atoms with Crippen LogP contribution in [0, 0.1) is 23.3 Å². The summed E-state index contributed by atoms with van der Waals surface area (Å²) in [4.78, 5) is 60.1. The van der Waals surface area contributed by atoms with Crippen LogP contribution in [0.5, 0.6) is 0 Å². The normalized spacial score (nSPS) is 14.6. The molecule has 4 amide bonds. The molecule has 0 bridgehead atoms. The van der Waals surface area contributed by atoms with E-state index in [2.05, 4.69) is 14.5 Å². The number of urea groups is 2. The number of esters is 1. The lowest BCUT2D eigenvalue weighted by atomic mass is 10.1. The maximum absolute atomic E-state index is 14.7. The zero-order valence-electron chi connectivity index (χ0n) is 33.3. The molecule has 0 aliphatic carbocycles. The molecule has 2 heterocycles. The standard InChI is InChI=1S/C21H23ClF2N4O2.C21H22ClF2N3O3/c1-26-6-8-27(9-7-26)21(30)28(16-4-5-18(23)17(22)11-16)13-15-3-2-14(10-19(15)24)20(29)12-25;1-25-7-9-26(10-8-25)21(29)27(16-5-6-18(23)17(22)12-16)13-15-4-3-14(11-19(15)24)20(28)30-2/h2-5,10-11H,6-9,12-13,25H2,1H3;3-6,11-12H,7-10,13H2,1-2H3. The van der Waals surface area contributed by atoms with Gasteiger partial charge in [0, 0.05) is 80.4 Å². The van der Waals surface area contributed by atoms with Crippen LogP contribution in [0.25, 0.3) is 0 Å². The highest BCUT2D eigenvalue weighted by atomic mass is 35.5. The molecule has 60 heavy (non-hydrogen) atoms. The predicted molar refractivity (Wildman–Crippen MR) is 222 cm³/mol. The fourth-order valence-electron chi connectivity index (χ4n) is 6.41. The van der Waals surface area contributed by atoms with Crippen LogP contribution in [0.3, 0.4) is 0 Å². The molecule has 18 heteroatoms. The minimum Gasteiger partial charge on any atom is -0.465 e. The molecule has 2 fully saturated rings.